The molecule has 9 heteroatoms. The van der Waals surface area contributed by atoms with Crippen LogP contribution in [0.2, 0.25) is 0 Å². The standard InChI is InChI=1S/C27H34N4O5/c1-2-35-27(34)22-8-9-24(28-20-22)29-15-17-31(18-16-29)26(33)21-10-13-30(14-11-21)25(32)12-19-36-23-6-4-3-5-7-23/h3-9,20-21H,2,10-19H2,1H3. The second kappa shape index (κ2) is 12.4. The van der Waals surface area contributed by atoms with E-state index >= 15 is 0 Å². The van der Waals surface area contributed by atoms with Gasteiger partial charge in [-0.3, -0.25) is 9.59 Å². The van der Waals surface area contributed by atoms with Crippen LogP contribution in [0.25, 0.3) is 0 Å². The van der Waals surface area contributed by atoms with Crippen molar-refractivity contribution in [3.05, 3.63) is 54.2 Å². The number of pyridine rings is 1. The van der Waals surface area contributed by atoms with Crippen molar-refractivity contribution in [1.82, 2.24) is 14.8 Å². The molecule has 9 nitrogen and oxygen atoms in total. The monoisotopic (exact) mass is 494 g/mol. The molecule has 1 aromatic carbocycles. The van der Waals surface area contributed by atoms with Gasteiger partial charge in [-0.25, -0.2) is 9.78 Å². The van der Waals surface area contributed by atoms with E-state index in [4.69, 9.17) is 9.47 Å². The average Bonchev–Trinajstić information content (AvgIpc) is 2.93. The van der Waals surface area contributed by atoms with Gasteiger partial charge < -0.3 is 24.2 Å². The molecule has 1 aromatic heterocycles. The lowest BCUT2D eigenvalue weighted by atomic mass is 9.94. The Labute approximate surface area is 212 Å². The zero-order valence-corrected chi connectivity index (χ0v) is 20.8. The van der Waals surface area contributed by atoms with Crippen molar-refractivity contribution in [2.24, 2.45) is 5.92 Å². The summed E-state index contributed by atoms with van der Waals surface area (Å²) >= 11 is 0. The zero-order chi connectivity index (χ0) is 25.3. The van der Waals surface area contributed by atoms with Gasteiger partial charge in [-0.1, -0.05) is 18.2 Å². The first-order valence-electron chi connectivity index (χ1n) is 12.7. The van der Waals surface area contributed by atoms with Crippen LogP contribution in [0, 0.1) is 5.92 Å². The second-order valence-electron chi connectivity index (χ2n) is 9.00. The SMILES string of the molecule is CCOC(=O)c1ccc(N2CCN(C(=O)C3CCN(C(=O)CCOc4ccccc4)CC3)CC2)nc1. The summed E-state index contributed by atoms with van der Waals surface area (Å²) in [5.41, 5.74) is 0.433. The first-order chi connectivity index (χ1) is 17.5. The number of para-hydroxylation sites is 1. The number of ether oxygens (including phenoxy) is 2. The summed E-state index contributed by atoms with van der Waals surface area (Å²) in [4.78, 5) is 47.8. The number of hydrogen-bond acceptors (Lipinski definition) is 7. The molecule has 2 aliphatic rings. The predicted molar refractivity (Wildman–Crippen MR) is 135 cm³/mol. The molecule has 2 amide bonds. The summed E-state index contributed by atoms with van der Waals surface area (Å²) in [5.74, 6) is 1.40. The first kappa shape index (κ1) is 25.5. The molecule has 2 aliphatic heterocycles. The van der Waals surface area contributed by atoms with Crippen LogP contribution in [-0.4, -0.2) is 85.0 Å². The van der Waals surface area contributed by atoms with E-state index in [1.54, 1.807) is 13.0 Å². The van der Waals surface area contributed by atoms with Gasteiger partial charge in [0.15, 0.2) is 0 Å². The highest BCUT2D eigenvalue weighted by atomic mass is 16.5. The third kappa shape index (κ3) is 6.53. The minimum atomic E-state index is -0.375. The number of carbonyl (C=O) groups is 3. The van der Waals surface area contributed by atoms with Gasteiger partial charge >= 0.3 is 5.97 Å². The van der Waals surface area contributed by atoms with Gasteiger partial charge in [0.1, 0.15) is 11.6 Å². The largest absolute Gasteiger partial charge is 0.493 e. The van der Waals surface area contributed by atoms with E-state index in [1.165, 1.54) is 6.20 Å². The van der Waals surface area contributed by atoms with Crippen molar-refractivity contribution >= 4 is 23.6 Å². The Hall–Kier alpha value is -3.62. The maximum Gasteiger partial charge on any atom is 0.339 e. The maximum absolute atomic E-state index is 13.1. The van der Waals surface area contributed by atoms with Crippen LogP contribution < -0.4 is 9.64 Å². The molecule has 0 radical (unpaired) electrons. The highest BCUT2D eigenvalue weighted by Gasteiger charge is 2.31. The summed E-state index contributed by atoms with van der Waals surface area (Å²) in [6, 6.07) is 13.0. The van der Waals surface area contributed by atoms with Crippen molar-refractivity contribution in [1.29, 1.82) is 0 Å². The fourth-order valence-corrected chi connectivity index (χ4v) is 4.63. The number of hydrogen-bond donors (Lipinski definition) is 0. The van der Waals surface area contributed by atoms with Crippen LogP contribution in [0.1, 0.15) is 36.5 Å². The fraction of sp³-hybridized carbons (Fsp3) is 0.481. The Bertz CT molecular complexity index is 1010. The molecule has 192 valence electrons. The number of nitrogens with zero attached hydrogens (tertiary/aromatic N) is 4. The van der Waals surface area contributed by atoms with E-state index in [1.807, 2.05) is 46.2 Å². The Kier molecular flexibility index (Phi) is 8.76. The molecule has 0 N–H and O–H groups in total. The average molecular weight is 495 g/mol. The summed E-state index contributed by atoms with van der Waals surface area (Å²) in [5, 5.41) is 0. The van der Waals surface area contributed by atoms with Crippen LogP contribution in [0.3, 0.4) is 0 Å². The highest BCUT2D eigenvalue weighted by Crippen LogP contribution is 2.22. The van der Waals surface area contributed by atoms with E-state index in [-0.39, 0.29) is 23.7 Å². The van der Waals surface area contributed by atoms with Crippen molar-refractivity contribution in [3.63, 3.8) is 0 Å². The minimum absolute atomic E-state index is 0.0387. The third-order valence-electron chi connectivity index (χ3n) is 6.70. The Morgan fingerprint density at radius 3 is 2.28 bits per heavy atom. The number of rotatable bonds is 8. The topological polar surface area (TPSA) is 92.3 Å². The molecule has 0 atom stereocenters. The zero-order valence-electron chi connectivity index (χ0n) is 20.8. The predicted octanol–water partition coefficient (Wildman–Crippen LogP) is 2.61. The number of anilines is 1. The lowest BCUT2D eigenvalue weighted by Gasteiger charge is -2.39. The number of amides is 2. The lowest BCUT2D eigenvalue weighted by molar-refractivity contribution is -0.141. The quantitative estimate of drug-likeness (QED) is 0.521. The number of piperazine rings is 1. The van der Waals surface area contributed by atoms with Crippen LogP contribution in [-0.2, 0) is 14.3 Å². The third-order valence-corrected chi connectivity index (χ3v) is 6.70. The molecule has 3 heterocycles. The molecule has 0 unspecified atom stereocenters. The summed E-state index contributed by atoms with van der Waals surface area (Å²) in [6.07, 6.45) is 3.26. The molecule has 2 fully saturated rings. The molecule has 0 bridgehead atoms. The fourth-order valence-electron chi connectivity index (χ4n) is 4.63. The smallest absolute Gasteiger partial charge is 0.339 e. The van der Waals surface area contributed by atoms with Crippen LogP contribution in [0.15, 0.2) is 48.7 Å². The van der Waals surface area contributed by atoms with E-state index in [2.05, 4.69) is 9.88 Å². The highest BCUT2D eigenvalue weighted by molar-refractivity contribution is 5.89. The lowest BCUT2D eigenvalue weighted by Crippen LogP contribution is -2.52. The summed E-state index contributed by atoms with van der Waals surface area (Å²) < 4.78 is 10.6. The van der Waals surface area contributed by atoms with E-state index in [0.717, 1.165) is 11.6 Å². The van der Waals surface area contributed by atoms with Crippen molar-refractivity contribution < 1.29 is 23.9 Å². The molecule has 4 rings (SSSR count). The Morgan fingerprint density at radius 2 is 1.64 bits per heavy atom. The number of likely N-dealkylation sites (tertiary alicyclic amines) is 1. The molecular formula is C27H34N4O5. The number of benzene rings is 1. The van der Waals surface area contributed by atoms with Crippen molar-refractivity contribution in [2.75, 3.05) is 57.4 Å². The van der Waals surface area contributed by atoms with Crippen molar-refractivity contribution in [2.45, 2.75) is 26.2 Å². The summed E-state index contributed by atoms with van der Waals surface area (Å²) in [6.45, 7) is 6.32. The number of esters is 1. The Morgan fingerprint density at radius 1 is 0.917 bits per heavy atom. The number of aromatic nitrogens is 1. The van der Waals surface area contributed by atoms with Crippen LogP contribution in [0.4, 0.5) is 5.82 Å². The molecule has 0 spiro atoms. The Balaban J connectivity index is 1.17. The van der Waals surface area contributed by atoms with Gasteiger partial charge in [-0.2, -0.15) is 0 Å². The van der Waals surface area contributed by atoms with Gasteiger partial charge in [0.25, 0.3) is 0 Å². The first-order valence-corrected chi connectivity index (χ1v) is 12.7. The van der Waals surface area contributed by atoms with E-state index < -0.39 is 0 Å². The molecule has 0 saturated carbocycles. The number of piperidine rings is 1. The summed E-state index contributed by atoms with van der Waals surface area (Å²) in [7, 11) is 0. The normalized spacial score (nSPS) is 16.5. The maximum atomic E-state index is 13.1. The van der Waals surface area contributed by atoms with Crippen LogP contribution in [0.5, 0.6) is 5.75 Å². The van der Waals surface area contributed by atoms with Gasteiger partial charge in [-0.15, -0.1) is 0 Å². The van der Waals surface area contributed by atoms with Gasteiger partial charge in [-0.05, 0) is 44.0 Å². The second-order valence-corrected chi connectivity index (χ2v) is 9.00. The molecule has 36 heavy (non-hydrogen) atoms. The van der Waals surface area contributed by atoms with Crippen molar-refractivity contribution in [3.8, 4) is 5.75 Å². The van der Waals surface area contributed by atoms with E-state index in [9.17, 15) is 14.4 Å². The van der Waals surface area contributed by atoms with Gasteiger partial charge in [0.2, 0.25) is 11.8 Å². The molecule has 2 saturated heterocycles. The molecule has 0 aliphatic carbocycles. The van der Waals surface area contributed by atoms with Gasteiger partial charge in [0.05, 0.1) is 25.2 Å². The minimum Gasteiger partial charge on any atom is -0.493 e. The molecular weight excluding hydrogens is 460 g/mol. The van der Waals surface area contributed by atoms with E-state index in [0.29, 0.717) is 77.3 Å². The molecule has 2 aromatic rings. The van der Waals surface area contributed by atoms with Crippen LogP contribution >= 0.6 is 0 Å². The van der Waals surface area contributed by atoms with Gasteiger partial charge in [0, 0.05) is 51.4 Å². The number of carbonyl (C=O) groups excluding carboxylic acids is 3.